The standard InChI is InChI=1S/C13H20F2N2O2/c1-12(2,3)11(18)19-17-8-6-13(14,15)10(9-17)5-4-7-16/h10H,4-6,8-9H2,1-3H3. The molecule has 1 heterocycles. The third-order valence-corrected chi connectivity index (χ3v) is 3.14. The lowest BCUT2D eigenvalue weighted by Crippen LogP contribution is -2.48. The van der Waals surface area contributed by atoms with Crippen molar-refractivity contribution in [2.24, 2.45) is 11.3 Å². The van der Waals surface area contributed by atoms with Crippen LogP contribution in [0.15, 0.2) is 0 Å². The van der Waals surface area contributed by atoms with Crippen LogP contribution >= 0.6 is 0 Å². The van der Waals surface area contributed by atoms with Gasteiger partial charge in [0.1, 0.15) is 0 Å². The molecule has 1 aliphatic rings. The molecule has 1 saturated heterocycles. The van der Waals surface area contributed by atoms with E-state index in [1.165, 1.54) is 5.06 Å². The Bertz CT molecular complexity index is 372. The van der Waals surface area contributed by atoms with Crippen LogP contribution in [0.25, 0.3) is 0 Å². The van der Waals surface area contributed by atoms with E-state index in [0.717, 1.165) is 0 Å². The van der Waals surface area contributed by atoms with Gasteiger partial charge in [0.05, 0.1) is 11.5 Å². The Hall–Kier alpha value is -1.22. The Morgan fingerprint density at radius 1 is 1.53 bits per heavy atom. The average Bonchev–Trinajstić information content (AvgIpc) is 2.28. The van der Waals surface area contributed by atoms with Crippen LogP contribution in [0.5, 0.6) is 0 Å². The van der Waals surface area contributed by atoms with E-state index in [2.05, 4.69) is 0 Å². The molecule has 1 aliphatic heterocycles. The Labute approximate surface area is 112 Å². The van der Waals surface area contributed by atoms with Crippen molar-refractivity contribution in [1.82, 2.24) is 5.06 Å². The van der Waals surface area contributed by atoms with Gasteiger partial charge in [-0.25, -0.2) is 13.6 Å². The average molecular weight is 274 g/mol. The molecule has 0 amide bonds. The zero-order valence-electron chi connectivity index (χ0n) is 11.6. The van der Waals surface area contributed by atoms with Gasteiger partial charge >= 0.3 is 5.97 Å². The van der Waals surface area contributed by atoms with E-state index in [1.807, 2.05) is 6.07 Å². The fraction of sp³-hybridized carbons (Fsp3) is 0.846. The Morgan fingerprint density at radius 2 is 2.16 bits per heavy atom. The molecule has 6 heteroatoms. The number of hydroxylamine groups is 2. The summed E-state index contributed by atoms with van der Waals surface area (Å²) >= 11 is 0. The highest BCUT2D eigenvalue weighted by atomic mass is 19.3. The van der Waals surface area contributed by atoms with Gasteiger partial charge in [0, 0.05) is 31.8 Å². The van der Waals surface area contributed by atoms with Crippen LogP contribution in [-0.2, 0) is 9.63 Å². The molecule has 19 heavy (non-hydrogen) atoms. The number of hydrogen-bond acceptors (Lipinski definition) is 4. The van der Waals surface area contributed by atoms with Gasteiger partial charge < -0.3 is 4.84 Å². The van der Waals surface area contributed by atoms with E-state index in [0.29, 0.717) is 0 Å². The summed E-state index contributed by atoms with van der Waals surface area (Å²) in [6, 6.07) is 1.87. The second-order valence-corrected chi connectivity index (χ2v) is 5.92. The number of carbonyl (C=O) groups is 1. The fourth-order valence-electron chi connectivity index (χ4n) is 1.83. The summed E-state index contributed by atoms with van der Waals surface area (Å²) in [7, 11) is 0. The lowest BCUT2D eigenvalue weighted by Gasteiger charge is -2.37. The zero-order valence-corrected chi connectivity index (χ0v) is 11.6. The number of alkyl halides is 2. The highest BCUT2D eigenvalue weighted by Gasteiger charge is 2.45. The van der Waals surface area contributed by atoms with Crippen LogP contribution in [-0.4, -0.2) is 30.0 Å². The van der Waals surface area contributed by atoms with E-state index in [1.54, 1.807) is 20.8 Å². The number of halogens is 2. The molecule has 0 radical (unpaired) electrons. The minimum absolute atomic E-state index is 0.0174. The lowest BCUT2D eigenvalue weighted by atomic mass is 9.90. The fourth-order valence-corrected chi connectivity index (χ4v) is 1.83. The van der Waals surface area contributed by atoms with Gasteiger partial charge in [-0.15, -0.1) is 5.06 Å². The summed E-state index contributed by atoms with van der Waals surface area (Å²) in [4.78, 5) is 16.8. The van der Waals surface area contributed by atoms with Crippen LogP contribution in [0.1, 0.15) is 40.0 Å². The molecule has 1 atom stereocenters. The third-order valence-electron chi connectivity index (χ3n) is 3.14. The van der Waals surface area contributed by atoms with Gasteiger partial charge in [-0.05, 0) is 27.2 Å². The highest BCUT2D eigenvalue weighted by molar-refractivity contribution is 5.75. The minimum atomic E-state index is -2.79. The summed E-state index contributed by atoms with van der Waals surface area (Å²) < 4.78 is 27.3. The molecule has 0 aromatic carbocycles. The molecule has 1 unspecified atom stereocenters. The second kappa shape index (κ2) is 5.83. The normalized spacial score (nSPS) is 23.7. The second-order valence-electron chi connectivity index (χ2n) is 5.92. The molecule has 4 nitrogen and oxygen atoms in total. The number of nitriles is 1. The molecule has 0 saturated carbocycles. The predicted molar refractivity (Wildman–Crippen MR) is 65.0 cm³/mol. The topological polar surface area (TPSA) is 53.3 Å². The van der Waals surface area contributed by atoms with Gasteiger partial charge in [-0.3, -0.25) is 0 Å². The number of rotatable bonds is 3. The quantitative estimate of drug-likeness (QED) is 0.794. The van der Waals surface area contributed by atoms with Crippen molar-refractivity contribution in [3.63, 3.8) is 0 Å². The molecule has 0 aromatic heterocycles. The largest absolute Gasteiger partial charge is 0.367 e. The van der Waals surface area contributed by atoms with E-state index in [9.17, 15) is 13.6 Å². The SMILES string of the molecule is CC(C)(C)C(=O)ON1CCC(F)(F)C(CCC#N)C1. The van der Waals surface area contributed by atoms with Crippen molar-refractivity contribution in [2.45, 2.75) is 46.0 Å². The maximum atomic E-state index is 13.7. The number of nitrogens with zero attached hydrogens (tertiary/aromatic N) is 2. The molecule has 0 aromatic rings. The first-order chi connectivity index (χ1) is 8.66. The van der Waals surface area contributed by atoms with Gasteiger partial charge in [0.25, 0.3) is 5.92 Å². The molecule has 108 valence electrons. The van der Waals surface area contributed by atoms with Crippen molar-refractivity contribution in [1.29, 1.82) is 5.26 Å². The van der Waals surface area contributed by atoms with E-state index in [-0.39, 0.29) is 32.4 Å². The summed E-state index contributed by atoms with van der Waals surface area (Å²) in [5, 5.41) is 9.79. The van der Waals surface area contributed by atoms with Crippen LogP contribution in [0.3, 0.4) is 0 Å². The van der Waals surface area contributed by atoms with Crippen LogP contribution in [0, 0.1) is 22.7 Å². The monoisotopic (exact) mass is 274 g/mol. The third kappa shape index (κ3) is 4.43. The van der Waals surface area contributed by atoms with E-state index >= 15 is 0 Å². The van der Waals surface area contributed by atoms with Crippen LogP contribution in [0.2, 0.25) is 0 Å². The first kappa shape index (κ1) is 15.8. The summed E-state index contributed by atoms with van der Waals surface area (Å²) in [6.45, 7) is 5.14. The Kier molecular flexibility index (Phi) is 4.86. The van der Waals surface area contributed by atoms with Gasteiger partial charge in [0.15, 0.2) is 0 Å². The molecule has 0 aliphatic carbocycles. The van der Waals surface area contributed by atoms with Crippen LogP contribution < -0.4 is 0 Å². The predicted octanol–water partition coefficient (Wildman–Crippen LogP) is 2.75. The van der Waals surface area contributed by atoms with Crippen molar-refractivity contribution in [3.8, 4) is 6.07 Å². The zero-order chi connectivity index (χ0) is 14.7. The Balaban J connectivity index is 2.61. The smallest absolute Gasteiger partial charge is 0.330 e. The number of carbonyl (C=O) groups excluding carboxylic acids is 1. The lowest BCUT2D eigenvalue weighted by molar-refractivity contribution is -0.230. The number of piperidine rings is 1. The summed E-state index contributed by atoms with van der Waals surface area (Å²) in [5.41, 5.74) is -0.665. The van der Waals surface area contributed by atoms with E-state index in [4.69, 9.17) is 10.1 Å². The maximum absolute atomic E-state index is 13.7. The maximum Gasteiger partial charge on any atom is 0.330 e. The van der Waals surface area contributed by atoms with Crippen molar-refractivity contribution < 1.29 is 18.4 Å². The molecular formula is C13H20F2N2O2. The Morgan fingerprint density at radius 3 is 2.68 bits per heavy atom. The van der Waals surface area contributed by atoms with Crippen molar-refractivity contribution in [3.05, 3.63) is 0 Å². The first-order valence-electron chi connectivity index (χ1n) is 6.39. The molecule has 0 spiro atoms. The number of hydrogen-bond donors (Lipinski definition) is 0. The highest BCUT2D eigenvalue weighted by Crippen LogP contribution is 2.36. The minimum Gasteiger partial charge on any atom is -0.367 e. The molecule has 1 fully saturated rings. The van der Waals surface area contributed by atoms with E-state index < -0.39 is 23.2 Å². The summed E-state index contributed by atoms with van der Waals surface area (Å²) in [5.74, 6) is -4.16. The van der Waals surface area contributed by atoms with Crippen molar-refractivity contribution >= 4 is 5.97 Å². The molecule has 0 N–H and O–H groups in total. The van der Waals surface area contributed by atoms with Gasteiger partial charge in [0.2, 0.25) is 0 Å². The molecule has 1 rings (SSSR count). The first-order valence-corrected chi connectivity index (χ1v) is 6.39. The van der Waals surface area contributed by atoms with Crippen molar-refractivity contribution in [2.75, 3.05) is 13.1 Å². The molecular weight excluding hydrogens is 254 g/mol. The summed E-state index contributed by atoms with van der Waals surface area (Å²) in [6.07, 6.45) is -0.144. The molecule has 0 bridgehead atoms. The van der Waals surface area contributed by atoms with Gasteiger partial charge in [-0.2, -0.15) is 5.26 Å². The van der Waals surface area contributed by atoms with Crippen LogP contribution in [0.4, 0.5) is 8.78 Å². The van der Waals surface area contributed by atoms with Gasteiger partial charge in [-0.1, -0.05) is 0 Å².